The van der Waals surface area contributed by atoms with Gasteiger partial charge >= 0.3 is 12.4 Å². The zero-order valence-electron chi connectivity index (χ0n) is 14.9. The van der Waals surface area contributed by atoms with E-state index in [0.29, 0.717) is 5.75 Å². The van der Waals surface area contributed by atoms with Crippen molar-refractivity contribution in [3.05, 3.63) is 48.0 Å². The summed E-state index contributed by atoms with van der Waals surface area (Å²) in [6, 6.07) is 10.5. The summed E-state index contributed by atoms with van der Waals surface area (Å²) in [4.78, 5) is 33.1. The number of benzene rings is 2. The Morgan fingerprint density at radius 2 is 1.86 bits per heavy atom. The minimum atomic E-state index is -4.32. The molecule has 10 heteroatoms. The molecule has 0 unspecified atom stereocenters. The van der Waals surface area contributed by atoms with Crippen LogP contribution in [-0.4, -0.2) is 33.2 Å². The van der Waals surface area contributed by atoms with Crippen LogP contribution in [0.2, 0.25) is 0 Å². The highest BCUT2D eigenvalue weighted by Crippen LogP contribution is 2.37. The molecule has 148 valence electrons. The quantitative estimate of drug-likeness (QED) is 0.365. The van der Waals surface area contributed by atoms with Gasteiger partial charge in [0.15, 0.2) is 5.75 Å². The number of nitrogens with two attached hydrogens (primary N) is 1. The number of carbonyl (C=O) groups is 3. The van der Waals surface area contributed by atoms with Crippen LogP contribution in [0.5, 0.6) is 11.5 Å². The number of para-hydroxylation sites is 1. The first kappa shape index (κ1) is 21.1. The first-order chi connectivity index (χ1) is 13.2. The molecule has 0 saturated carbocycles. The molecular formula is C18H18N2O7S. The van der Waals surface area contributed by atoms with Crippen molar-refractivity contribution in [1.29, 1.82) is 0 Å². The van der Waals surface area contributed by atoms with Crippen molar-refractivity contribution in [1.82, 2.24) is 0 Å². The Hall–Kier alpha value is -3.24. The van der Waals surface area contributed by atoms with E-state index in [4.69, 9.17) is 9.88 Å². The maximum Gasteiger partial charge on any atom is 0.345 e. The van der Waals surface area contributed by atoms with E-state index in [-0.39, 0.29) is 42.2 Å². The van der Waals surface area contributed by atoms with Gasteiger partial charge in [-0.25, -0.2) is 18.4 Å². The fourth-order valence-electron chi connectivity index (χ4n) is 2.26. The molecule has 0 aliphatic heterocycles. The number of anilines is 1. The maximum atomic E-state index is 12.1. The summed E-state index contributed by atoms with van der Waals surface area (Å²) in [5, 5.41) is 8.14. The number of hydrogen-bond donors (Lipinski definition) is 2. The molecule has 0 fully saturated rings. The van der Waals surface area contributed by atoms with Gasteiger partial charge in [-0.05, 0) is 31.2 Å². The van der Waals surface area contributed by atoms with Crippen molar-refractivity contribution in [3.8, 4) is 11.5 Å². The lowest BCUT2D eigenvalue weighted by Gasteiger charge is -2.17. The molecule has 0 aliphatic rings. The number of carbonyl (C=O) groups excluding carboxylic acids is 3. The molecule has 0 saturated heterocycles. The Morgan fingerprint density at radius 3 is 2.43 bits per heavy atom. The maximum absolute atomic E-state index is 12.1. The van der Waals surface area contributed by atoms with Crippen molar-refractivity contribution < 1.29 is 32.3 Å². The van der Waals surface area contributed by atoms with Gasteiger partial charge in [0.2, 0.25) is 10.0 Å². The topological polar surface area (TPSA) is 142 Å². The monoisotopic (exact) mass is 406 g/mol. The lowest BCUT2D eigenvalue weighted by molar-refractivity contribution is -0.124. The fourth-order valence-corrected chi connectivity index (χ4v) is 2.96. The summed E-state index contributed by atoms with van der Waals surface area (Å²) < 4.78 is 34.2. The third-order valence-electron chi connectivity index (χ3n) is 3.51. The predicted octanol–water partition coefficient (Wildman–Crippen LogP) is 1.83. The second kappa shape index (κ2) is 9.11. The number of esters is 1. The molecule has 0 spiro atoms. The van der Waals surface area contributed by atoms with Gasteiger partial charge in [0.25, 0.3) is 0 Å². The van der Waals surface area contributed by atoms with Crippen LogP contribution in [0.1, 0.15) is 23.7 Å². The third-order valence-corrected chi connectivity index (χ3v) is 4.42. The van der Waals surface area contributed by atoms with Gasteiger partial charge in [-0.3, -0.25) is 9.59 Å². The predicted molar refractivity (Wildman–Crippen MR) is 99.6 cm³/mol. The van der Waals surface area contributed by atoms with E-state index in [1.807, 2.05) is 0 Å². The molecule has 0 aromatic heterocycles. The highest BCUT2D eigenvalue weighted by atomic mass is 32.2. The summed E-state index contributed by atoms with van der Waals surface area (Å²) >= 11 is 0. The molecule has 0 amide bonds. The minimum absolute atomic E-state index is 0.0732. The molecule has 0 radical (unpaired) electrons. The smallest absolute Gasteiger partial charge is 0.345 e. The second-order valence-corrected chi connectivity index (χ2v) is 7.22. The molecule has 0 aliphatic carbocycles. The van der Waals surface area contributed by atoms with Gasteiger partial charge in [0.1, 0.15) is 16.4 Å². The second-order valence-electron chi connectivity index (χ2n) is 5.69. The number of ether oxygens (including phenoxy) is 2. The Balaban J connectivity index is 2.60. The van der Waals surface area contributed by atoms with E-state index < -0.39 is 20.9 Å². The lowest BCUT2D eigenvalue weighted by atomic mass is 10.1. The number of ketones is 1. The van der Waals surface area contributed by atoms with Crippen LogP contribution < -0.4 is 15.2 Å². The SMILES string of the molecule is CC(=O)CCNc1cc(C(=O)OC=O)cc(S(N)(=O)=O)c1Oc1ccccc1. The molecule has 0 bridgehead atoms. The van der Waals surface area contributed by atoms with E-state index in [1.165, 1.54) is 13.0 Å². The first-order valence-electron chi connectivity index (χ1n) is 8.04. The molecular weight excluding hydrogens is 388 g/mol. The van der Waals surface area contributed by atoms with E-state index in [2.05, 4.69) is 10.1 Å². The number of nitrogens with one attached hydrogen (secondary N) is 1. The Labute approximate surface area is 161 Å². The average molecular weight is 406 g/mol. The van der Waals surface area contributed by atoms with Crippen LogP contribution in [0, 0.1) is 0 Å². The Bertz CT molecular complexity index is 988. The molecule has 2 aromatic carbocycles. The van der Waals surface area contributed by atoms with Crippen molar-refractivity contribution in [2.75, 3.05) is 11.9 Å². The number of rotatable bonds is 9. The van der Waals surface area contributed by atoms with E-state index >= 15 is 0 Å². The third kappa shape index (κ3) is 5.63. The molecule has 9 nitrogen and oxygen atoms in total. The molecule has 0 atom stereocenters. The number of primary sulfonamides is 1. The largest absolute Gasteiger partial charge is 0.454 e. The van der Waals surface area contributed by atoms with Crippen LogP contribution in [0.4, 0.5) is 5.69 Å². The van der Waals surface area contributed by atoms with Gasteiger partial charge in [0, 0.05) is 13.0 Å². The highest BCUT2D eigenvalue weighted by Gasteiger charge is 2.24. The van der Waals surface area contributed by atoms with Gasteiger partial charge in [0.05, 0.1) is 11.3 Å². The van der Waals surface area contributed by atoms with E-state index in [0.717, 1.165) is 6.07 Å². The van der Waals surface area contributed by atoms with Crippen LogP contribution in [-0.2, 0) is 24.3 Å². The summed E-state index contributed by atoms with van der Waals surface area (Å²) in [6.45, 7) is 1.48. The van der Waals surface area contributed by atoms with Crippen molar-refractivity contribution in [2.24, 2.45) is 5.14 Å². The minimum Gasteiger partial charge on any atom is -0.454 e. The first-order valence-corrected chi connectivity index (χ1v) is 9.58. The highest BCUT2D eigenvalue weighted by molar-refractivity contribution is 7.89. The normalized spacial score (nSPS) is 10.8. The van der Waals surface area contributed by atoms with Gasteiger partial charge < -0.3 is 14.8 Å². The molecule has 3 N–H and O–H groups in total. The molecule has 28 heavy (non-hydrogen) atoms. The summed E-state index contributed by atoms with van der Waals surface area (Å²) in [5.74, 6) is -0.993. The van der Waals surface area contributed by atoms with E-state index in [1.54, 1.807) is 30.3 Å². The average Bonchev–Trinajstić information content (AvgIpc) is 2.62. The molecule has 2 aromatic rings. The van der Waals surface area contributed by atoms with Crippen molar-refractivity contribution in [3.63, 3.8) is 0 Å². The van der Waals surface area contributed by atoms with Crippen LogP contribution in [0.3, 0.4) is 0 Å². The number of sulfonamides is 1. The standard InChI is InChI=1S/C18H18N2O7S/c1-12(22)7-8-20-15-9-13(18(23)26-11-21)10-16(28(19,24)25)17(15)27-14-5-3-2-4-6-14/h2-6,9-11,20H,7-8H2,1H3,(H2,19,24,25). The van der Waals surface area contributed by atoms with E-state index in [9.17, 15) is 22.8 Å². The van der Waals surface area contributed by atoms with Gasteiger partial charge in [-0.1, -0.05) is 18.2 Å². The number of hydrogen-bond acceptors (Lipinski definition) is 8. The van der Waals surface area contributed by atoms with Gasteiger partial charge in [-0.2, -0.15) is 0 Å². The summed E-state index contributed by atoms with van der Waals surface area (Å²) in [5.41, 5.74) is -0.142. The van der Waals surface area contributed by atoms with Crippen molar-refractivity contribution in [2.45, 2.75) is 18.2 Å². The summed E-state index contributed by atoms with van der Waals surface area (Å²) in [6.07, 6.45) is 0.151. The Kier molecular flexibility index (Phi) is 6.85. The van der Waals surface area contributed by atoms with Gasteiger partial charge in [-0.15, -0.1) is 0 Å². The van der Waals surface area contributed by atoms with Crippen molar-refractivity contribution >= 4 is 33.9 Å². The fraction of sp³-hybridized carbons (Fsp3) is 0.167. The zero-order chi connectivity index (χ0) is 20.7. The number of Topliss-reactive ketones (excluding diaryl/α,β-unsaturated/α-hetero) is 1. The van der Waals surface area contributed by atoms with Crippen LogP contribution in [0.15, 0.2) is 47.4 Å². The van der Waals surface area contributed by atoms with Crippen LogP contribution >= 0.6 is 0 Å². The molecule has 2 rings (SSSR count). The van der Waals surface area contributed by atoms with Crippen LogP contribution in [0.25, 0.3) is 0 Å². The summed E-state index contributed by atoms with van der Waals surface area (Å²) in [7, 11) is -4.32. The lowest BCUT2D eigenvalue weighted by Crippen LogP contribution is -2.17. The Morgan fingerprint density at radius 1 is 1.18 bits per heavy atom. The molecule has 0 heterocycles. The zero-order valence-corrected chi connectivity index (χ0v) is 15.7.